The highest BCUT2D eigenvalue weighted by Crippen LogP contribution is 2.47. The Morgan fingerprint density at radius 3 is 2.31 bits per heavy atom. The molecule has 0 saturated heterocycles. The molecule has 3 N–H and O–H groups in total. The van der Waals surface area contributed by atoms with Crippen molar-refractivity contribution in [1.29, 1.82) is 0 Å². The highest BCUT2D eigenvalue weighted by atomic mass is 32.2. The zero-order valence-corrected chi connectivity index (χ0v) is 20.2. The smallest absolute Gasteiger partial charge is 0.416 e. The number of carbonyl (C=O) groups excluding carboxylic acids is 1. The molecule has 3 aliphatic carbocycles. The molecule has 0 aromatic heterocycles. The number of sulfonamides is 1. The van der Waals surface area contributed by atoms with E-state index in [2.05, 4.69) is 10.0 Å². The Labute approximate surface area is 205 Å². The normalized spacial score (nSPS) is 26.0. The first kappa shape index (κ1) is 26.4. The average molecular weight is 531 g/mol. The van der Waals surface area contributed by atoms with Crippen molar-refractivity contribution in [2.45, 2.75) is 67.3 Å². The van der Waals surface area contributed by atoms with Crippen molar-refractivity contribution in [3.05, 3.63) is 59.4 Å². The molecule has 0 radical (unpaired) electrons. The minimum atomic E-state index is -4.59. The molecule has 5 rings (SSSR count). The molecule has 1 atom stereocenters. The van der Waals surface area contributed by atoms with E-state index in [1.54, 1.807) is 13.0 Å². The first-order valence-corrected chi connectivity index (χ1v) is 12.8. The predicted molar refractivity (Wildman–Crippen MR) is 121 cm³/mol. The summed E-state index contributed by atoms with van der Waals surface area (Å²) in [5.74, 6) is -0.707. The molecule has 3 saturated carbocycles. The summed E-state index contributed by atoms with van der Waals surface area (Å²) in [6.45, 7) is 1.25. The number of aliphatic hydroxyl groups is 1. The molecule has 3 fully saturated rings. The third-order valence-corrected chi connectivity index (χ3v) is 8.64. The van der Waals surface area contributed by atoms with Gasteiger partial charge in [0.05, 0.1) is 22.1 Å². The number of nitrogens with one attached hydrogen (secondary N) is 2. The van der Waals surface area contributed by atoms with Crippen LogP contribution in [-0.4, -0.2) is 43.2 Å². The number of alkyl halides is 3. The summed E-state index contributed by atoms with van der Waals surface area (Å²) in [5.41, 5.74) is -2.46. The number of hydrogen-bond donors (Lipinski definition) is 3. The Hall–Kier alpha value is -2.70. The molecule has 2 aromatic carbocycles. The fourth-order valence-corrected chi connectivity index (χ4v) is 6.40. The Morgan fingerprint density at radius 2 is 1.75 bits per heavy atom. The van der Waals surface area contributed by atoms with E-state index in [0.29, 0.717) is 30.5 Å². The fraction of sp³-hybridized carbons (Fsp3) is 0.458. The van der Waals surface area contributed by atoms with E-state index < -0.39 is 50.7 Å². The fourth-order valence-electron chi connectivity index (χ4n) is 4.92. The van der Waals surface area contributed by atoms with Crippen LogP contribution in [-0.2, 0) is 21.0 Å². The van der Waals surface area contributed by atoms with Gasteiger partial charge in [0.2, 0.25) is 10.0 Å². The van der Waals surface area contributed by atoms with E-state index in [4.69, 9.17) is 4.74 Å². The van der Waals surface area contributed by atoms with E-state index >= 15 is 0 Å². The Kier molecular flexibility index (Phi) is 6.82. The van der Waals surface area contributed by atoms with Gasteiger partial charge in [-0.3, -0.25) is 4.79 Å². The molecule has 196 valence electrons. The minimum Gasteiger partial charge on any atom is -0.484 e. The zero-order valence-electron chi connectivity index (χ0n) is 19.4. The van der Waals surface area contributed by atoms with Gasteiger partial charge in [-0.15, -0.1) is 0 Å². The van der Waals surface area contributed by atoms with E-state index in [9.17, 15) is 35.9 Å². The lowest BCUT2D eigenvalue weighted by Crippen LogP contribution is -2.70. The quantitative estimate of drug-likeness (QED) is 0.476. The van der Waals surface area contributed by atoms with Gasteiger partial charge in [0.15, 0.2) is 6.61 Å². The number of rotatable bonds is 7. The van der Waals surface area contributed by atoms with Gasteiger partial charge < -0.3 is 15.2 Å². The lowest BCUT2D eigenvalue weighted by molar-refractivity contribution is -0.137. The molecule has 0 aliphatic heterocycles. The van der Waals surface area contributed by atoms with Crippen LogP contribution in [0.3, 0.4) is 0 Å². The largest absolute Gasteiger partial charge is 0.484 e. The van der Waals surface area contributed by atoms with Crippen molar-refractivity contribution < 1.29 is 40.6 Å². The molecule has 7 nitrogen and oxygen atoms in total. The van der Waals surface area contributed by atoms with Gasteiger partial charge in [0.1, 0.15) is 11.6 Å². The Balaban J connectivity index is 1.38. The van der Waals surface area contributed by atoms with Crippen LogP contribution in [0.1, 0.15) is 43.2 Å². The summed E-state index contributed by atoms with van der Waals surface area (Å²) >= 11 is 0. The summed E-state index contributed by atoms with van der Waals surface area (Å²) in [6, 6.07) is 7.41. The highest BCUT2D eigenvalue weighted by Gasteiger charge is 2.56. The molecule has 12 heteroatoms. The molecule has 1 amide bonds. The zero-order chi connectivity index (χ0) is 26.4. The van der Waals surface area contributed by atoms with Crippen molar-refractivity contribution in [1.82, 2.24) is 10.0 Å². The summed E-state index contributed by atoms with van der Waals surface area (Å²) in [4.78, 5) is 12.2. The van der Waals surface area contributed by atoms with Gasteiger partial charge in [-0.05, 0) is 74.9 Å². The molecule has 0 unspecified atom stereocenters. The Bertz CT molecular complexity index is 1240. The SMILES string of the molecule is Cc1ccc(OCC(=O)NC23CCC(NS(=O)(=O)c4ccc(C(F)(F)F)cc4)(CC2)[C@@H](O)C3)cc1F. The third-order valence-electron chi connectivity index (χ3n) is 7.07. The van der Waals surface area contributed by atoms with Crippen LogP contribution in [0.15, 0.2) is 47.4 Å². The van der Waals surface area contributed by atoms with Gasteiger partial charge >= 0.3 is 6.18 Å². The second kappa shape index (κ2) is 9.31. The predicted octanol–water partition coefficient (Wildman–Crippen LogP) is 3.44. The first-order valence-electron chi connectivity index (χ1n) is 11.3. The second-order valence-corrected chi connectivity index (χ2v) is 11.2. The van der Waals surface area contributed by atoms with Crippen molar-refractivity contribution in [2.24, 2.45) is 0 Å². The van der Waals surface area contributed by atoms with Crippen LogP contribution in [0.4, 0.5) is 17.6 Å². The van der Waals surface area contributed by atoms with Crippen LogP contribution in [0.5, 0.6) is 5.75 Å². The number of aliphatic hydroxyl groups excluding tert-OH is 1. The topological polar surface area (TPSA) is 105 Å². The molecular weight excluding hydrogens is 504 g/mol. The number of hydrogen-bond acceptors (Lipinski definition) is 5. The lowest BCUT2D eigenvalue weighted by Gasteiger charge is -2.56. The van der Waals surface area contributed by atoms with Crippen molar-refractivity contribution in [3.8, 4) is 5.75 Å². The van der Waals surface area contributed by atoms with Gasteiger partial charge in [-0.2, -0.15) is 13.2 Å². The number of amides is 1. The number of fused-ring (bicyclic) bond motifs is 3. The average Bonchev–Trinajstić information content (AvgIpc) is 2.80. The molecule has 0 heterocycles. The molecular formula is C24H26F4N2O5S. The van der Waals surface area contributed by atoms with Gasteiger partial charge in [0, 0.05) is 11.6 Å². The summed E-state index contributed by atoms with van der Waals surface area (Å²) in [5, 5.41) is 13.7. The maximum Gasteiger partial charge on any atom is 0.416 e. The van der Waals surface area contributed by atoms with Gasteiger partial charge in [-0.1, -0.05) is 6.07 Å². The Morgan fingerprint density at radius 1 is 1.11 bits per heavy atom. The number of carbonyl (C=O) groups is 1. The molecule has 0 spiro atoms. The van der Waals surface area contributed by atoms with Crippen LogP contribution < -0.4 is 14.8 Å². The number of aryl methyl sites for hydroxylation is 1. The van der Waals surface area contributed by atoms with E-state index in [-0.39, 0.29) is 36.5 Å². The van der Waals surface area contributed by atoms with Gasteiger partial charge in [0.25, 0.3) is 5.91 Å². The molecule has 3 aliphatic rings. The number of halogens is 4. The highest BCUT2D eigenvalue weighted by molar-refractivity contribution is 7.89. The molecule has 36 heavy (non-hydrogen) atoms. The molecule has 2 bridgehead atoms. The monoisotopic (exact) mass is 530 g/mol. The maximum atomic E-state index is 13.7. The second-order valence-electron chi connectivity index (χ2n) is 9.53. The first-order chi connectivity index (χ1) is 16.7. The summed E-state index contributed by atoms with van der Waals surface area (Å²) < 4.78 is 85.7. The van der Waals surface area contributed by atoms with Crippen LogP contribution in [0, 0.1) is 12.7 Å². The minimum absolute atomic E-state index is 0.0907. The van der Waals surface area contributed by atoms with Crippen molar-refractivity contribution in [2.75, 3.05) is 6.61 Å². The van der Waals surface area contributed by atoms with E-state index in [0.717, 1.165) is 12.1 Å². The summed E-state index contributed by atoms with van der Waals surface area (Å²) in [6.07, 6.45) is -4.43. The maximum absolute atomic E-state index is 13.7. The number of benzene rings is 2. The summed E-state index contributed by atoms with van der Waals surface area (Å²) in [7, 11) is -4.21. The van der Waals surface area contributed by atoms with E-state index in [1.165, 1.54) is 12.1 Å². The van der Waals surface area contributed by atoms with E-state index in [1.807, 2.05) is 0 Å². The van der Waals surface area contributed by atoms with Crippen molar-refractivity contribution in [3.63, 3.8) is 0 Å². The standard InChI is InChI=1S/C24H26F4N2O5S/c1-15-2-5-17(12-19(15)25)35-14-21(32)29-22-8-10-23(11-9-22,20(31)13-22)30-36(33,34)18-6-3-16(4-7-18)24(26,27)28/h2-7,12,20,30-31H,8-11,13-14H2,1H3,(H,29,32)/t20-,22?,23?/m0/s1. The van der Waals surface area contributed by atoms with Crippen LogP contribution in [0.2, 0.25) is 0 Å². The lowest BCUT2D eigenvalue weighted by atomic mass is 9.60. The number of ether oxygens (including phenoxy) is 1. The van der Waals surface area contributed by atoms with Crippen LogP contribution in [0.25, 0.3) is 0 Å². The van der Waals surface area contributed by atoms with Crippen LogP contribution >= 0.6 is 0 Å². The van der Waals surface area contributed by atoms with Crippen molar-refractivity contribution >= 4 is 15.9 Å². The third kappa shape index (κ3) is 5.35. The molecule has 2 aromatic rings. The van der Waals surface area contributed by atoms with Gasteiger partial charge in [-0.25, -0.2) is 17.5 Å².